The van der Waals surface area contributed by atoms with Gasteiger partial charge in [-0.05, 0) is 18.4 Å². The molecule has 0 aromatic carbocycles. The van der Waals surface area contributed by atoms with Crippen LogP contribution in [0.2, 0.25) is 0 Å². The van der Waals surface area contributed by atoms with Gasteiger partial charge in [0.15, 0.2) is 11.9 Å². The lowest BCUT2D eigenvalue weighted by Gasteiger charge is -2.34. The van der Waals surface area contributed by atoms with Crippen LogP contribution >= 0.6 is 0 Å². The van der Waals surface area contributed by atoms with Gasteiger partial charge in [0.2, 0.25) is 0 Å². The highest BCUT2D eigenvalue weighted by molar-refractivity contribution is 5.79. The molecular formula is C19H19N6O2+. The lowest BCUT2D eigenvalue weighted by atomic mass is 9.91. The molecule has 1 atom stereocenters. The van der Waals surface area contributed by atoms with E-state index in [2.05, 4.69) is 38.6 Å². The SMILES string of the molecule is COC1=CC2=C(C=CCC2)C2=c3c(-c4cn[nH]c4N)nncc3=C[N+]12OC. The van der Waals surface area contributed by atoms with Gasteiger partial charge in [-0.3, -0.25) is 5.10 Å². The van der Waals surface area contributed by atoms with Crippen LogP contribution < -0.4 is 16.2 Å². The highest BCUT2D eigenvalue weighted by atomic mass is 16.7. The van der Waals surface area contributed by atoms with Crippen molar-refractivity contribution in [3.8, 4) is 11.3 Å². The molecule has 8 heteroatoms. The highest BCUT2D eigenvalue weighted by Crippen LogP contribution is 2.43. The number of fused-ring (bicyclic) bond motifs is 3. The van der Waals surface area contributed by atoms with Crippen LogP contribution in [0.15, 0.2) is 47.7 Å². The van der Waals surface area contributed by atoms with Crippen molar-refractivity contribution in [2.75, 3.05) is 20.0 Å². The van der Waals surface area contributed by atoms with Gasteiger partial charge >= 0.3 is 5.88 Å². The van der Waals surface area contributed by atoms with E-state index in [4.69, 9.17) is 15.3 Å². The Morgan fingerprint density at radius 2 is 2.15 bits per heavy atom. The van der Waals surface area contributed by atoms with E-state index in [0.717, 1.165) is 34.5 Å². The number of hydrogen-bond donors (Lipinski definition) is 2. The fraction of sp³-hybridized carbons (Fsp3) is 0.211. The number of quaternary nitrogens is 1. The van der Waals surface area contributed by atoms with E-state index >= 15 is 0 Å². The number of nitrogens with two attached hydrogens (primary N) is 1. The predicted octanol–water partition coefficient (Wildman–Crippen LogP) is 0.835. The number of nitrogens with zero attached hydrogens (tertiary/aromatic N) is 4. The Morgan fingerprint density at radius 3 is 2.89 bits per heavy atom. The average Bonchev–Trinajstić information content (AvgIpc) is 3.28. The molecule has 0 bridgehead atoms. The minimum atomic E-state index is 0.0210. The van der Waals surface area contributed by atoms with Crippen molar-refractivity contribution in [3.63, 3.8) is 0 Å². The molecule has 0 amide bonds. The van der Waals surface area contributed by atoms with E-state index in [-0.39, 0.29) is 4.65 Å². The largest absolute Gasteiger partial charge is 0.452 e. The number of aromatic nitrogens is 4. The number of hydroxylamine groups is 3. The molecule has 0 saturated carbocycles. The maximum absolute atomic E-state index is 6.08. The molecule has 136 valence electrons. The Bertz CT molecular complexity index is 1170. The standard InChI is InChI=1S/C19H19N6O2/c1-26-15-7-11-5-3-4-6-13(11)18-16-12(10-25(15,18)27-2)8-21-23-17(16)14-9-22-24-19(14)20/h4,6-10H,3,5H2,1-2H3,(H3,20,22,24)/q+1. The number of allylic oxidation sites excluding steroid dienone is 3. The van der Waals surface area contributed by atoms with Gasteiger partial charge in [0.1, 0.15) is 11.5 Å². The first-order chi connectivity index (χ1) is 13.2. The van der Waals surface area contributed by atoms with Gasteiger partial charge in [-0.1, -0.05) is 16.8 Å². The number of anilines is 1. The fourth-order valence-electron chi connectivity index (χ4n) is 4.07. The third-order valence-corrected chi connectivity index (χ3v) is 5.28. The molecule has 3 N–H and O–H groups in total. The molecule has 2 aromatic rings. The topological polar surface area (TPSA) is 98.9 Å². The third-order valence-electron chi connectivity index (χ3n) is 5.28. The van der Waals surface area contributed by atoms with Gasteiger partial charge in [-0.25, -0.2) is 0 Å². The smallest absolute Gasteiger partial charge is 0.335 e. The maximum atomic E-state index is 6.08. The van der Waals surface area contributed by atoms with Crippen LogP contribution in [0, 0.1) is 0 Å². The van der Waals surface area contributed by atoms with Gasteiger partial charge in [-0.15, -0.1) is 5.10 Å². The summed E-state index contributed by atoms with van der Waals surface area (Å²) in [5, 5.41) is 17.2. The highest BCUT2D eigenvalue weighted by Gasteiger charge is 2.49. The van der Waals surface area contributed by atoms with E-state index < -0.39 is 0 Å². The maximum Gasteiger partial charge on any atom is 0.335 e. The van der Waals surface area contributed by atoms with Crippen molar-refractivity contribution in [2.24, 2.45) is 0 Å². The molecule has 0 radical (unpaired) electrons. The fourth-order valence-corrected chi connectivity index (χ4v) is 4.07. The van der Waals surface area contributed by atoms with Crippen molar-refractivity contribution < 1.29 is 14.2 Å². The van der Waals surface area contributed by atoms with Crippen molar-refractivity contribution in [2.45, 2.75) is 12.8 Å². The molecule has 0 spiro atoms. The van der Waals surface area contributed by atoms with Crippen molar-refractivity contribution in [3.05, 3.63) is 58.1 Å². The zero-order chi connectivity index (χ0) is 18.6. The molecular weight excluding hydrogens is 344 g/mol. The number of rotatable bonds is 3. The lowest BCUT2D eigenvalue weighted by Crippen LogP contribution is -2.42. The third kappa shape index (κ3) is 2.02. The van der Waals surface area contributed by atoms with Gasteiger partial charge < -0.3 is 10.5 Å². The predicted molar refractivity (Wildman–Crippen MR) is 98.9 cm³/mol. The minimum Gasteiger partial charge on any atom is -0.452 e. The van der Waals surface area contributed by atoms with E-state index in [1.165, 1.54) is 5.57 Å². The number of methoxy groups -OCH3 is 1. The zero-order valence-corrected chi connectivity index (χ0v) is 15.1. The molecule has 1 unspecified atom stereocenters. The molecule has 5 rings (SSSR count). The first kappa shape index (κ1) is 16.0. The van der Waals surface area contributed by atoms with Crippen LogP contribution in [0.25, 0.3) is 23.2 Å². The molecule has 0 fully saturated rings. The molecule has 2 aromatic heterocycles. The molecule has 27 heavy (non-hydrogen) atoms. The van der Waals surface area contributed by atoms with Crippen LogP contribution in [0.3, 0.4) is 0 Å². The average molecular weight is 363 g/mol. The number of aromatic amines is 1. The van der Waals surface area contributed by atoms with E-state index in [0.29, 0.717) is 23.0 Å². The first-order valence-corrected chi connectivity index (χ1v) is 8.69. The molecule has 4 heterocycles. The normalized spacial score (nSPS) is 22.7. The first-order valence-electron chi connectivity index (χ1n) is 8.69. The monoisotopic (exact) mass is 363 g/mol. The van der Waals surface area contributed by atoms with Gasteiger partial charge in [0, 0.05) is 11.6 Å². The van der Waals surface area contributed by atoms with E-state index in [1.807, 2.05) is 6.20 Å². The summed E-state index contributed by atoms with van der Waals surface area (Å²) in [6.07, 6.45) is 13.7. The lowest BCUT2D eigenvalue weighted by molar-refractivity contribution is -0.962. The Morgan fingerprint density at radius 1 is 1.26 bits per heavy atom. The Labute approximate surface area is 155 Å². The number of nitrogens with one attached hydrogen (secondary N) is 1. The number of hydrogen-bond acceptors (Lipinski definition) is 6. The molecule has 8 nitrogen and oxygen atoms in total. The Balaban J connectivity index is 1.96. The van der Waals surface area contributed by atoms with Gasteiger partial charge in [0.05, 0.1) is 42.6 Å². The second kappa shape index (κ2) is 5.63. The van der Waals surface area contributed by atoms with E-state index in [1.54, 1.807) is 26.6 Å². The van der Waals surface area contributed by atoms with Crippen molar-refractivity contribution >= 4 is 17.7 Å². The summed E-state index contributed by atoms with van der Waals surface area (Å²) >= 11 is 0. The van der Waals surface area contributed by atoms with Crippen LogP contribution in [0.1, 0.15) is 12.8 Å². The second-order valence-electron chi connectivity index (χ2n) is 6.61. The van der Waals surface area contributed by atoms with Crippen molar-refractivity contribution in [1.82, 2.24) is 20.4 Å². The van der Waals surface area contributed by atoms with Crippen LogP contribution in [-0.2, 0) is 9.57 Å². The Kier molecular flexibility index (Phi) is 3.33. The summed E-state index contributed by atoms with van der Waals surface area (Å²) in [5.41, 5.74) is 10.8. The summed E-state index contributed by atoms with van der Waals surface area (Å²) in [5.74, 6) is 1.15. The quantitative estimate of drug-likeness (QED) is 0.784. The molecule has 2 aliphatic heterocycles. The summed E-state index contributed by atoms with van der Waals surface area (Å²) in [6, 6.07) is 0. The van der Waals surface area contributed by atoms with Crippen LogP contribution in [0.5, 0.6) is 0 Å². The number of H-pyrrole nitrogens is 1. The van der Waals surface area contributed by atoms with Crippen molar-refractivity contribution in [1.29, 1.82) is 0 Å². The minimum absolute atomic E-state index is 0.0210. The molecule has 1 aliphatic carbocycles. The number of ether oxygens (including phenoxy) is 1. The summed E-state index contributed by atoms with van der Waals surface area (Å²) in [7, 11) is 3.33. The van der Waals surface area contributed by atoms with E-state index in [9.17, 15) is 0 Å². The number of nitrogen functional groups attached to an aromatic ring is 1. The van der Waals surface area contributed by atoms with Gasteiger partial charge in [0.25, 0.3) is 0 Å². The zero-order valence-electron chi connectivity index (χ0n) is 15.1. The molecule has 0 saturated heterocycles. The van der Waals surface area contributed by atoms with Gasteiger partial charge in [-0.2, -0.15) is 15.0 Å². The molecule has 3 aliphatic rings. The summed E-state index contributed by atoms with van der Waals surface area (Å²) < 4.78 is 5.77. The second-order valence-corrected chi connectivity index (χ2v) is 6.61. The Hall–Kier alpha value is -3.23. The summed E-state index contributed by atoms with van der Waals surface area (Å²) in [4.78, 5) is 6.01. The van der Waals surface area contributed by atoms with Crippen LogP contribution in [0.4, 0.5) is 5.82 Å². The van der Waals surface area contributed by atoms with Crippen LogP contribution in [-0.4, -0.2) is 39.3 Å². The summed E-state index contributed by atoms with van der Waals surface area (Å²) in [6.45, 7) is 0.